The molecule has 2 aromatic heterocycles. The highest BCUT2D eigenvalue weighted by Gasteiger charge is 2.26. The van der Waals surface area contributed by atoms with E-state index in [9.17, 15) is 4.79 Å². The first-order chi connectivity index (χ1) is 11.5. The summed E-state index contributed by atoms with van der Waals surface area (Å²) in [7, 11) is 0. The van der Waals surface area contributed by atoms with Gasteiger partial charge >= 0.3 is 0 Å². The van der Waals surface area contributed by atoms with Gasteiger partial charge in [0.1, 0.15) is 0 Å². The van der Waals surface area contributed by atoms with Gasteiger partial charge in [0, 0.05) is 48.7 Å². The Morgan fingerprint density at radius 1 is 1.38 bits per heavy atom. The summed E-state index contributed by atoms with van der Waals surface area (Å²) in [6.45, 7) is 8.68. The molecule has 1 fully saturated rings. The van der Waals surface area contributed by atoms with E-state index in [1.807, 2.05) is 22.7 Å². The number of likely N-dealkylation sites (tertiary alicyclic amines) is 1. The van der Waals surface area contributed by atoms with Gasteiger partial charge in [-0.3, -0.25) is 9.48 Å². The van der Waals surface area contributed by atoms with Crippen LogP contribution in [0.15, 0.2) is 12.3 Å². The molecule has 0 aromatic carbocycles. The van der Waals surface area contributed by atoms with Crippen LogP contribution >= 0.6 is 11.3 Å². The SMILES string of the molecule is Cc1cc(C)n(CCCC(=O)N2CCC[C@@H](c3ncc(C)s3)C2)n1. The summed E-state index contributed by atoms with van der Waals surface area (Å²) in [6.07, 6.45) is 5.60. The van der Waals surface area contributed by atoms with Gasteiger partial charge in [0.2, 0.25) is 5.91 Å². The molecule has 5 nitrogen and oxygen atoms in total. The van der Waals surface area contributed by atoms with E-state index in [1.165, 1.54) is 9.88 Å². The van der Waals surface area contributed by atoms with Crippen LogP contribution in [0.4, 0.5) is 0 Å². The summed E-state index contributed by atoms with van der Waals surface area (Å²) >= 11 is 1.77. The third-order valence-corrected chi connectivity index (χ3v) is 5.70. The average Bonchev–Trinajstić information content (AvgIpc) is 3.13. The lowest BCUT2D eigenvalue weighted by atomic mass is 9.98. The van der Waals surface area contributed by atoms with Gasteiger partial charge in [-0.05, 0) is 46.1 Å². The Labute approximate surface area is 147 Å². The average molecular weight is 347 g/mol. The summed E-state index contributed by atoms with van der Waals surface area (Å²) in [4.78, 5) is 20.3. The first kappa shape index (κ1) is 17.1. The fraction of sp³-hybridized carbons (Fsp3) is 0.611. The fourth-order valence-electron chi connectivity index (χ4n) is 3.41. The van der Waals surface area contributed by atoms with Crippen LogP contribution in [-0.2, 0) is 11.3 Å². The Morgan fingerprint density at radius 2 is 2.21 bits per heavy atom. The van der Waals surface area contributed by atoms with Crippen LogP contribution in [0.5, 0.6) is 0 Å². The fourth-order valence-corrected chi connectivity index (χ4v) is 4.31. The lowest BCUT2D eigenvalue weighted by Gasteiger charge is -2.32. The zero-order valence-corrected chi connectivity index (χ0v) is 15.6. The van der Waals surface area contributed by atoms with Gasteiger partial charge in [-0.1, -0.05) is 0 Å². The summed E-state index contributed by atoms with van der Waals surface area (Å²) in [6, 6.07) is 2.08. The number of rotatable bonds is 5. The van der Waals surface area contributed by atoms with Gasteiger partial charge in [0.25, 0.3) is 0 Å². The minimum atomic E-state index is 0.273. The summed E-state index contributed by atoms with van der Waals surface area (Å²) in [5.74, 6) is 0.687. The minimum absolute atomic E-state index is 0.273. The van der Waals surface area contributed by atoms with Crippen molar-refractivity contribution in [2.24, 2.45) is 0 Å². The van der Waals surface area contributed by atoms with Gasteiger partial charge < -0.3 is 4.90 Å². The smallest absolute Gasteiger partial charge is 0.222 e. The normalized spacial score (nSPS) is 18.1. The van der Waals surface area contributed by atoms with Crippen LogP contribution in [-0.4, -0.2) is 38.7 Å². The molecular weight excluding hydrogens is 320 g/mol. The molecule has 1 saturated heterocycles. The standard InChI is InChI=1S/C18H26N4OS/c1-13-10-14(2)22(20-13)9-5-7-17(23)21-8-4-6-16(12-21)18-19-11-15(3)24-18/h10-11,16H,4-9,12H2,1-3H3/t16-/m1/s1. The molecule has 0 saturated carbocycles. The Morgan fingerprint density at radius 3 is 2.88 bits per heavy atom. The molecule has 6 heteroatoms. The van der Waals surface area contributed by atoms with Gasteiger partial charge in [0.05, 0.1) is 10.7 Å². The van der Waals surface area contributed by atoms with Crippen molar-refractivity contribution in [3.8, 4) is 0 Å². The van der Waals surface area contributed by atoms with Crippen LogP contribution in [0.2, 0.25) is 0 Å². The molecule has 0 unspecified atom stereocenters. The molecule has 0 aliphatic carbocycles. The molecule has 0 spiro atoms. The number of nitrogens with zero attached hydrogens (tertiary/aromatic N) is 4. The third-order valence-electron chi connectivity index (χ3n) is 4.63. The van der Waals surface area contributed by atoms with Gasteiger partial charge in [-0.2, -0.15) is 5.10 Å². The number of aromatic nitrogens is 3. The van der Waals surface area contributed by atoms with Crippen molar-refractivity contribution in [1.82, 2.24) is 19.7 Å². The Kier molecular flexibility index (Phi) is 5.33. The van der Waals surface area contributed by atoms with E-state index >= 15 is 0 Å². The van der Waals surface area contributed by atoms with Gasteiger partial charge in [-0.25, -0.2) is 4.98 Å². The van der Waals surface area contributed by atoms with Crippen LogP contribution in [0.25, 0.3) is 0 Å². The highest BCUT2D eigenvalue weighted by atomic mass is 32.1. The van der Waals surface area contributed by atoms with E-state index in [4.69, 9.17) is 0 Å². The van der Waals surface area contributed by atoms with E-state index in [0.717, 1.165) is 50.3 Å². The monoisotopic (exact) mass is 346 g/mol. The molecule has 3 heterocycles. The van der Waals surface area contributed by atoms with Crippen molar-refractivity contribution in [3.63, 3.8) is 0 Å². The molecule has 0 bridgehead atoms. The van der Waals surface area contributed by atoms with Crippen LogP contribution in [0.3, 0.4) is 0 Å². The second-order valence-corrected chi connectivity index (χ2v) is 8.01. The van der Waals surface area contributed by atoms with E-state index < -0.39 is 0 Å². The molecule has 2 aromatic rings. The minimum Gasteiger partial charge on any atom is -0.342 e. The molecule has 1 atom stereocenters. The molecule has 1 amide bonds. The maximum atomic E-state index is 12.5. The number of aryl methyl sites for hydroxylation is 4. The zero-order valence-electron chi connectivity index (χ0n) is 14.8. The number of carbonyl (C=O) groups excluding carboxylic acids is 1. The second-order valence-electron chi connectivity index (χ2n) is 6.74. The Balaban J connectivity index is 1.50. The largest absolute Gasteiger partial charge is 0.342 e. The van der Waals surface area contributed by atoms with Crippen molar-refractivity contribution >= 4 is 17.2 Å². The first-order valence-electron chi connectivity index (χ1n) is 8.74. The lowest BCUT2D eigenvalue weighted by Crippen LogP contribution is -2.39. The highest BCUT2D eigenvalue weighted by Crippen LogP contribution is 2.30. The molecule has 130 valence electrons. The van der Waals surface area contributed by atoms with Crippen LogP contribution in [0.1, 0.15) is 52.9 Å². The molecule has 1 aliphatic heterocycles. The number of hydrogen-bond acceptors (Lipinski definition) is 4. The van der Waals surface area contributed by atoms with E-state index in [0.29, 0.717) is 12.3 Å². The van der Waals surface area contributed by atoms with Crippen LogP contribution in [0, 0.1) is 20.8 Å². The molecular formula is C18H26N4OS. The van der Waals surface area contributed by atoms with Crippen molar-refractivity contribution in [2.75, 3.05) is 13.1 Å². The first-order valence-corrected chi connectivity index (χ1v) is 9.55. The summed E-state index contributed by atoms with van der Waals surface area (Å²) in [5.41, 5.74) is 2.20. The molecule has 0 radical (unpaired) electrons. The second kappa shape index (κ2) is 7.47. The predicted octanol–water partition coefficient (Wildman–Crippen LogP) is 3.45. The van der Waals surface area contributed by atoms with E-state index in [1.54, 1.807) is 11.3 Å². The maximum Gasteiger partial charge on any atom is 0.222 e. The lowest BCUT2D eigenvalue weighted by molar-refractivity contribution is -0.132. The van der Waals surface area contributed by atoms with Crippen LogP contribution < -0.4 is 0 Å². The number of carbonyl (C=O) groups is 1. The van der Waals surface area contributed by atoms with Crippen molar-refractivity contribution < 1.29 is 4.79 Å². The summed E-state index contributed by atoms with van der Waals surface area (Å²) in [5, 5.41) is 5.65. The number of hydrogen-bond donors (Lipinski definition) is 0. The predicted molar refractivity (Wildman–Crippen MR) is 96.3 cm³/mol. The molecule has 3 rings (SSSR count). The third kappa shape index (κ3) is 4.04. The molecule has 24 heavy (non-hydrogen) atoms. The maximum absolute atomic E-state index is 12.5. The Hall–Kier alpha value is -1.69. The van der Waals surface area contributed by atoms with Gasteiger partial charge in [0.15, 0.2) is 0 Å². The van der Waals surface area contributed by atoms with Crippen molar-refractivity contribution in [1.29, 1.82) is 0 Å². The van der Waals surface area contributed by atoms with E-state index in [-0.39, 0.29) is 5.91 Å². The Bertz CT molecular complexity index is 706. The topological polar surface area (TPSA) is 51.0 Å². The number of thiazole rings is 1. The highest BCUT2D eigenvalue weighted by molar-refractivity contribution is 7.11. The summed E-state index contributed by atoms with van der Waals surface area (Å²) < 4.78 is 2.00. The van der Waals surface area contributed by atoms with Crippen molar-refractivity contribution in [3.05, 3.63) is 33.5 Å². The number of piperidine rings is 1. The van der Waals surface area contributed by atoms with E-state index in [2.05, 4.69) is 30.0 Å². The van der Waals surface area contributed by atoms with Crippen molar-refractivity contribution in [2.45, 2.75) is 58.9 Å². The van der Waals surface area contributed by atoms with Gasteiger partial charge in [-0.15, -0.1) is 11.3 Å². The zero-order chi connectivity index (χ0) is 17.1. The molecule has 1 aliphatic rings. The molecule has 0 N–H and O–H groups in total. The number of amides is 1. The quantitative estimate of drug-likeness (QED) is 0.833.